The molecule has 0 saturated carbocycles. The summed E-state index contributed by atoms with van der Waals surface area (Å²) in [5, 5.41) is 12.3. The van der Waals surface area contributed by atoms with Gasteiger partial charge in [-0.2, -0.15) is 23.5 Å². The molecular weight excluding hydrogens is 255 g/mol. The summed E-state index contributed by atoms with van der Waals surface area (Å²) < 4.78 is 39.2. The predicted molar refractivity (Wildman–Crippen MR) is 62.7 cm³/mol. The lowest BCUT2D eigenvalue weighted by Gasteiger charge is -2.05. The molecule has 19 heavy (non-hydrogen) atoms. The van der Waals surface area contributed by atoms with E-state index in [1.54, 1.807) is 31.2 Å². The molecule has 0 bridgehead atoms. The van der Waals surface area contributed by atoms with Crippen molar-refractivity contribution in [3.05, 3.63) is 47.3 Å². The molecule has 1 heterocycles. The maximum absolute atomic E-state index is 12.6. The second kappa shape index (κ2) is 4.76. The van der Waals surface area contributed by atoms with Gasteiger partial charge in [0.05, 0.1) is 17.3 Å². The predicted octanol–water partition coefficient (Wildman–Crippen LogP) is 3.33. The maximum Gasteiger partial charge on any atom is 0.435 e. The van der Waals surface area contributed by atoms with E-state index in [0.29, 0.717) is 23.4 Å². The highest BCUT2D eigenvalue weighted by atomic mass is 19.4. The Hall–Kier alpha value is -2.29. The molecule has 0 N–H and O–H groups in total. The lowest BCUT2D eigenvalue weighted by atomic mass is 10.2. The third-order valence-corrected chi connectivity index (χ3v) is 2.68. The second-order valence-corrected chi connectivity index (χ2v) is 3.94. The van der Waals surface area contributed by atoms with E-state index in [1.807, 2.05) is 6.07 Å². The van der Waals surface area contributed by atoms with Crippen LogP contribution in [0.15, 0.2) is 30.3 Å². The zero-order chi connectivity index (χ0) is 14.0. The molecule has 0 fully saturated rings. The topological polar surface area (TPSA) is 41.6 Å². The van der Waals surface area contributed by atoms with Gasteiger partial charge in [0.25, 0.3) is 0 Å². The Kier molecular flexibility index (Phi) is 3.30. The molecule has 98 valence electrons. The van der Waals surface area contributed by atoms with Gasteiger partial charge in [0, 0.05) is 5.69 Å². The summed E-state index contributed by atoms with van der Waals surface area (Å²) in [6, 6.07) is 9.23. The van der Waals surface area contributed by atoms with Gasteiger partial charge in [0.15, 0.2) is 5.69 Å². The molecule has 1 aromatic carbocycles. The van der Waals surface area contributed by atoms with Crippen LogP contribution in [0.4, 0.5) is 13.2 Å². The van der Waals surface area contributed by atoms with Crippen molar-refractivity contribution in [1.82, 2.24) is 9.78 Å². The lowest BCUT2D eigenvalue weighted by Crippen LogP contribution is -2.07. The lowest BCUT2D eigenvalue weighted by molar-refractivity contribution is -0.141. The number of benzene rings is 1. The standard InChI is InChI=1S/C13H10F3N3/c1-2-10-7-12(13(14,15)16)18-19(10)11-5-3-9(8-17)4-6-11/h3-7H,2H2,1H3. The number of nitrogens with zero attached hydrogens (tertiary/aromatic N) is 3. The van der Waals surface area contributed by atoms with Crippen molar-refractivity contribution in [1.29, 1.82) is 5.26 Å². The molecule has 0 unspecified atom stereocenters. The van der Waals surface area contributed by atoms with E-state index < -0.39 is 11.9 Å². The summed E-state index contributed by atoms with van der Waals surface area (Å²) in [5.74, 6) is 0. The van der Waals surface area contributed by atoms with Crippen LogP contribution in [0.25, 0.3) is 5.69 Å². The first kappa shape index (κ1) is 13.1. The molecule has 0 spiro atoms. The third-order valence-electron chi connectivity index (χ3n) is 2.68. The summed E-state index contributed by atoms with van der Waals surface area (Å²) in [6.45, 7) is 1.76. The number of halogens is 3. The van der Waals surface area contributed by atoms with Crippen LogP contribution in [-0.2, 0) is 12.6 Å². The molecular formula is C13H10F3N3. The fraction of sp³-hybridized carbons (Fsp3) is 0.231. The van der Waals surface area contributed by atoms with Crippen LogP contribution < -0.4 is 0 Å². The SMILES string of the molecule is CCc1cc(C(F)(F)F)nn1-c1ccc(C#N)cc1. The number of nitriles is 1. The Morgan fingerprint density at radius 1 is 1.26 bits per heavy atom. The molecule has 0 saturated heterocycles. The number of aryl methyl sites for hydroxylation is 1. The van der Waals surface area contributed by atoms with E-state index in [1.165, 1.54) is 4.68 Å². The minimum Gasteiger partial charge on any atom is -0.237 e. The van der Waals surface area contributed by atoms with E-state index in [2.05, 4.69) is 5.10 Å². The molecule has 0 aliphatic heterocycles. The minimum atomic E-state index is -4.46. The van der Waals surface area contributed by atoms with Gasteiger partial charge in [-0.3, -0.25) is 0 Å². The van der Waals surface area contributed by atoms with Crippen LogP contribution in [0.5, 0.6) is 0 Å². The van der Waals surface area contributed by atoms with E-state index in [-0.39, 0.29) is 0 Å². The fourth-order valence-electron chi connectivity index (χ4n) is 1.71. The Labute approximate surface area is 107 Å². The largest absolute Gasteiger partial charge is 0.435 e. The average Bonchev–Trinajstić information content (AvgIpc) is 2.83. The van der Waals surface area contributed by atoms with Crippen LogP contribution >= 0.6 is 0 Å². The Balaban J connectivity index is 2.49. The Bertz CT molecular complexity index is 618. The van der Waals surface area contributed by atoms with E-state index in [0.717, 1.165) is 6.07 Å². The number of rotatable bonds is 2. The molecule has 2 aromatic rings. The summed E-state index contributed by atoms with van der Waals surface area (Å²) >= 11 is 0. The van der Waals surface area contributed by atoms with E-state index in [9.17, 15) is 13.2 Å². The monoisotopic (exact) mass is 265 g/mol. The summed E-state index contributed by atoms with van der Waals surface area (Å²) in [6.07, 6.45) is -4.02. The van der Waals surface area contributed by atoms with Gasteiger partial charge in [-0.25, -0.2) is 4.68 Å². The van der Waals surface area contributed by atoms with Crippen molar-refractivity contribution in [3.8, 4) is 11.8 Å². The highest BCUT2D eigenvalue weighted by Gasteiger charge is 2.34. The highest BCUT2D eigenvalue weighted by Crippen LogP contribution is 2.29. The van der Waals surface area contributed by atoms with Gasteiger partial charge in [-0.1, -0.05) is 6.92 Å². The van der Waals surface area contributed by atoms with E-state index in [4.69, 9.17) is 5.26 Å². The van der Waals surface area contributed by atoms with Crippen molar-refractivity contribution >= 4 is 0 Å². The number of hydrogen-bond donors (Lipinski definition) is 0. The van der Waals surface area contributed by atoms with Crippen molar-refractivity contribution in [2.24, 2.45) is 0 Å². The number of alkyl halides is 3. The molecule has 0 aliphatic carbocycles. The Morgan fingerprint density at radius 2 is 1.89 bits per heavy atom. The maximum atomic E-state index is 12.6. The van der Waals surface area contributed by atoms with Crippen LogP contribution in [-0.4, -0.2) is 9.78 Å². The van der Waals surface area contributed by atoms with Crippen LogP contribution in [0.3, 0.4) is 0 Å². The number of hydrogen-bond acceptors (Lipinski definition) is 2. The van der Waals surface area contributed by atoms with Gasteiger partial charge in [0.1, 0.15) is 0 Å². The van der Waals surface area contributed by atoms with Crippen LogP contribution in [0.2, 0.25) is 0 Å². The van der Waals surface area contributed by atoms with Crippen LogP contribution in [0.1, 0.15) is 23.9 Å². The molecule has 6 heteroatoms. The van der Waals surface area contributed by atoms with Crippen LogP contribution in [0, 0.1) is 11.3 Å². The first-order valence-corrected chi connectivity index (χ1v) is 5.62. The zero-order valence-electron chi connectivity index (χ0n) is 10.1. The molecule has 0 atom stereocenters. The zero-order valence-corrected chi connectivity index (χ0v) is 10.1. The first-order valence-electron chi connectivity index (χ1n) is 5.62. The quantitative estimate of drug-likeness (QED) is 0.835. The second-order valence-electron chi connectivity index (χ2n) is 3.94. The molecule has 0 radical (unpaired) electrons. The molecule has 1 aromatic heterocycles. The van der Waals surface area contributed by atoms with Crippen molar-refractivity contribution in [2.75, 3.05) is 0 Å². The van der Waals surface area contributed by atoms with Crippen molar-refractivity contribution in [3.63, 3.8) is 0 Å². The fourth-order valence-corrected chi connectivity index (χ4v) is 1.71. The molecule has 0 amide bonds. The van der Waals surface area contributed by atoms with Gasteiger partial charge >= 0.3 is 6.18 Å². The van der Waals surface area contributed by atoms with Gasteiger partial charge in [-0.15, -0.1) is 0 Å². The van der Waals surface area contributed by atoms with Gasteiger partial charge in [0.2, 0.25) is 0 Å². The summed E-state index contributed by atoms with van der Waals surface area (Å²) in [7, 11) is 0. The van der Waals surface area contributed by atoms with Crippen molar-refractivity contribution < 1.29 is 13.2 Å². The minimum absolute atomic E-state index is 0.434. The summed E-state index contributed by atoms with van der Waals surface area (Å²) in [5.41, 5.74) is 0.516. The smallest absolute Gasteiger partial charge is 0.237 e. The van der Waals surface area contributed by atoms with Gasteiger partial charge in [-0.05, 0) is 36.8 Å². The third kappa shape index (κ3) is 2.60. The summed E-state index contributed by atoms with van der Waals surface area (Å²) in [4.78, 5) is 0. The Morgan fingerprint density at radius 3 is 2.37 bits per heavy atom. The molecule has 2 rings (SSSR count). The van der Waals surface area contributed by atoms with Gasteiger partial charge < -0.3 is 0 Å². The normalized spacial score (nSPS) is 11.3. The first-order chi connectivity index (χ1) is 8.95. The number of aromatic nitrogens is 2. The average molecular weight is 265 g/mol. The van der Waals surface area contributed by atoms with E-state index >= 15 is 0 Å². The molecule has 0 aliphatic rings. The molecule has 3 nitrogen and oxygen atoms in total. The van der Waals surface area contributed by atoms with Crippen molar-refractivity contribution in [2.45, 2.75) is 19.5 Å². The highest BCUT2D eigenvalue weighted by molar-refractivity contribution is 5.40.